The molecule has 0 saturated heterocycles. The second-order valence-electron chi connectivity index (χ2n) is 5.12. The van der Waals surface area contributed by atoms with Gasteiger partial charge in [-0.05, 0) is 55.0 Å². The average molecular weight is 219 g/mol. The molecule has 1 nitrogen and oxygen atoms in total. The van der Waals surface area contributed by atoms with Crippen LogP contribution in [0.25, 0.3) is 0 Å². The van der Waals surface area contributed by atoms with Crippen molar-refractivity contribution in [3.63, 3.8) is 0 Å². The van der Waals surface area contributed by atoms with Gasteiger partial charge in [-0.2, -0.15) is 0 Å². The minimum Gasteiger partial charge on any atom is -0.310 e. The van der Waals surface area contributed by atoms with Crippen molar-refractivity contribution in [1.29, 1.82) is 0 Å². The molecule has 0 aromatic heterocycles. The molecule has 1 N–H and O–H groups in total. The number of nitrogens with one attached hydrogen (secondary N) is 1. The lowest BCUT2D eigenvalue weighted by molar-refractivity contribution is 0.505. The molecule has 16 heavy (non-hydrogen) atoms. The number of hydrogen-bond acceptors (Lipinski definition) is 1. The number of rotatable bonds is 4. The number of fused-ring (bicyclic) bond motifs is 1. The van der Waals surface area contributed by atoms with Gasteiger partial charge in [0.2, 0.25) is 0 Å². The monoisotopic (exact) mass is 219 g/mol. The first kappa shape index (κ1) is 10.3. The molecule has 0 heterocycles. The number of aryl methyl sites for hydroxylation is 1. The largest absolute Gasteiger partial charge is 0.310 e. The van der Waals surface area contributed by atoms with Crippen LogP contribution in [0.5, 0.6) is 0 Å². The van der Waals surface area contributed by atoms with Crippen LogP contribution in [0.3, 0.4) is 0 Å². The fourth-order valence-corrected chi connectivity index (χ4v) is 2.65. The molecule has 0 spiro atoms. The quantitative estimate of drug-likeness (QED) is 0.820. The van der Waals surface area contributed by atoms with Crippen molar-refractivity contribution in [2.45, 2.75) is 38.1 Å². The Bertz CT molecular complexity index is 384. The zero-order valence-electron chi connectivity index (χ0n) is 9.51. The summed E-state index contributed by atoms with van der Waals surface area (Å²) in [5, 5.41) is 3.57. The maximum atomic E-state index is 13.2. The normalized spacial score (nSPS) is 23.4. The first-order chi connectivity index (χ1) is 7.83. The van der Waals surface area contributed by atoms with E-state index in [9.17, 15) is 4.39 Å². The van der Waals surface area contributed by atoms with E-state index in [1.807, 2.05) is 6.07 Å². The molecule has 0 radical (unpaired) electrons. The van der Waals surface area contributed by atoms with E-state index >= 15 is 0 Å². The molecule has 1 aromatic rings. The van der Waals surface area contributed by atoms with Gasteiger partial charge in [-0.1, -0.05) is 18.9 Å². The molecule has 2 aliphatic carbocycles. The van der Waals surface area contributed by atoms with Gasteiger partial charge in [-0.15, -0.1) is 0 Å². The molecule has 86 valence electrons. The molecule has 1 saturated carbocycles. The van der Waals surface area contributed by atoms with E-state index in [0.29, 0.717) is 6.04 Å². The van der Waals surface area contributed by atoms with E-state index in [-0.39, 0.29) is 5.82 Å². The summed E-state index contributed by atoms with van der Waals surface area (Å²) in [6.45, 7) is 1.09. The fraction of sp³-hybridized carbons (Fsp3) is 0.571. The molecular weight excluding hydrogens is 201 g/mol. The number of hydrogen-bond donors (Lipinski definition) is 1. The van der Waals surface area contributed by atoms with Gasteiger partial charge < -0.3 is 5.32 Å². The smallest absolute Gasteiger partial charge is 0.123 e. The molecule has 1 fully saturated rings. The van der Waals surface area contributed by atoms with Crippen molar-refractivity contribution >= 4 is 0 Å². The van der Waals surface area contributed by atoms with Gasteiger partial charge in [0.25, 0.3) is 0 Å². The Kier molecular flexibility index (Phi) is 2.68. The first-order valence-electron chi connectivity index (χ1n) is 6.34. The first-order valence-corrected chi connectivity index (χ1v) is 6.34. The zero-order valence-corrected chi connectivity index (χ0v) is 9.51. The third-order valence-corrected chi connectivity index (χ3v) is 3.83. The second-order valence-corrected chi connectivity index (χ2v) is 5.12. The van der Waals surface area contributed by atoms with E-state index in [0.717, 1.165) is 25.3 Å². The van der Waals surface area contributed by atoms with Gasteiger partial charge >= 0.3 is 0 Å². The molecule has 3 rings (SSSR count). The van der Waals surface area contributed by atoms with E-state index < -0.39 is 0 Å². The van der Waals surface area contributed by atoms with Crippen molar-refractivity contribution in [1.82, 2.24) is 5.32 Å². The lowest BCUT2D eigenvalue weighted by Crippen LogP contribution is -2.20. The summed E-state index contributed by atoms with van der Waals surface area (Å²) >= 11 is 0. The fourth-order valence-electron chi connectivity index (χ4n) is 2.65. The van der Waals surface area contributed by atoms with Crippen LogP contribution in [0.2, 0.25) is 0 Å². The molecule has 1 atom stereocenters. The van der Waals surface area contributed by atoms with Crippen LogP contribution in [-0.2, 0) is 6.42 Å². The molecule has 1 unspecified atom stereocenters. The highest BCUT2D eigenvalue weighted by Crippen LogP contribution is 2.34. The van der Waals surface area contributed by atoms with Crippen LogP contribution in [0.1, 0.15) is 42.9 Å². The average Bonchev–Trinajstić information content (AvgIpc) is 3.01. The molecule has 0 amide bonds. The van der Waals surface area contributed by atoms with E-state index in [4.69, 9.17) is 0 Å². The molecule has 2 heteroatoms. The third-order valence-electron chi connectivity index (χ3n) is 3.83. The SMILES string of the molecule is Fc1ccc2c(c1)C(NCCC1CC1)CC2. The van der Waals surface area contributed by atoms with Gasteiger partial charge in [0.05, 0.1) is 0 Å². The highest BCUT2D eigenvalue weighted by atomic mass is 19.1. The lowest BCUT2D eigenvalue weighted by atomic mass is 10.1. The zero-order chi connectivity index (χ0) is 11.0. The summed E-state index contributed by atoms with van der Waals surface area (Å²) in [7, 11) is 0. The number of halogens is 1. The summed E-state index contributed by atoms with van der Waals surface area (Å²) in [5.41, 5.74) is 2.51. The Hall–Kier alpha value is -0.890. The van der Waals surface area contributed by atoms with Gasteiger partial charge in [0, 0.05) is 6.04 Å². The maximum Gasteiger partial charge on any atom is 0.123 e. The minimum absolute atomic E-state index is 0.102. The Morgan fingerprint density at radius 2 is 2.12 bits per heavy atom. The third kappa shape index (κ3) is 2.12. The van der Waals surface area contributed by atoms with Crippen LogP contribution in [0.4, 0.5) is 4.39 Å². The van der Waals surface area contributed by atoms with Crippen molar-refractivity contribution < 1.29 is 4.39 Å². The van der Waals surface area contributed by atoms with Gasteiger partial charge in [0.1, 0.15) is 5.82 Å². The lowest BCUT2D eigenvalue weighted by Gasteiger charge is -2.13. The van der Waals surface area contributed by atoms with Crippen LogP contribution < -0.4 is 5.32 Å². The molecule has 0 aliphatic heterocycles. The van der Waals surface area contributed by atoms with E-state index in [2.05, 4.69) is 5.32 Å². The van der Waals surface area contributed by atoms with E-state index in [1.54, 1.807) is 12.1 Å². The Morgan fingerprint density at radius 3 is 2.94 bits per heavy atom. The number of benzene rings is 1. The van der Waals surface area contributed by atoms with Crippen LogP contribution in [-0.4, -0.2) is 6.54 Å². The van der Waals surface area contributed by atoms with Crippen molar-refractivity contribution in [2.75, 3.05) is 6.54 Å². The van der Waals surface area contributed by atoms with Crippen molar-refractivity contribution in [2.24, 2.45) is 5.92 Å². The predicted molar refractivity (Wildman–Crippen MR) is 62.8 cm³/mol. The molecule has 0 bridgehead atoms. The summed E-state index contributed by atoms with van der Waals surface area (Å²) in [5.74, 6) is 0.871. The second kappa shape index (κ2) is 4.17. The van der Waals surface area contributed by atoms with Crippen molar-refractivity contribution in [3.05, 3.63) is 35.1 Å². The highest BCUT2D eigenvalue weighted by Gasteiger charge is 2.24. The minimum atomic E-state index is -0.102. The molecular formula is C14H18FN. The Morgan fingerprint density at radius 1 is 1.25 bits per heavy atom. The van der Waals surface area contributed by atoms with Gasteiger partial charge in [0.15, 0.2) is 0 Å². The maximum absolute atomic E-state index is 13.2. The summed E-state index contributed by atoms with van der Waals surface area (Å²) in [6, 6.07) is 5.61. The topological polar surface area (TPSA) is 12.0 Å². The molecule has 1 aromatic carbocycles. The highest BCUT2D eigenvalue weighted by molar-refractivity contribution is 5.34. The van der Waals surface area contributed by atoms with Crippen molar-refractivity contribution in [3.8, 4) is 0 Å². The Balaban J connectivity index is 1.62. The van der Waals surface area contributed by atoms with Crippen LogP contribution in [0, 0.1) is 11.7 Å². The van der Waals surface area contributed by atoms with Gasteiger partial charge in [-0.25, -0.2) is 4.39 Å². The summed E-state index contributed by atoms with van der Waals surface area (Å²) < 4.78 is 13.2. The van der Waals surface area contributed by atoms with Crippen LogP contribution >= 0.6 is 0 Å². The standard InChI is InChI=1S/C14H18FN/c15-12-5-3-11-4-6-14(13(11)9-12)16-8-7-10-1-2-10/h3,5,9-10,14,16H,1-2,4,6-8H2. The predicted octanol–water partition coefficient (Wildman–Crippen LogP) is 3.20. The molecule has 2 aliphatic rings. The Labute approximate surface area is 96.1 Å². The van der Waals surface area contributed by atoms with E-state index in [1.165, 1.54) is 30.4 Å². The summed E-state index contributed by atoms with van der Waals surface area (Å²) in [4.78, 5) is 0. The summed E-state index contributed by atoms with van der Waals surface area (Å²) in [6.07, 6.45) is 6.34. The van der Waals surface area contributed by atoms with Crippen LogP contribution in [0.15, 0.2) is 18.2 Å². The van der Waals surface area contributed by atoms with Gasteiger partial charge in [-0.3, -0.25) is 0 Å².